The van der Waals surface area contributed by atoms with E-state index in [0.29, 0.717) is 11.8 Å². The summed E-state index contributed by atoms with van der Waals surface area (Å²) < 4.78 is 5.93. The highest BCUT2D eigenvalue weighted by Crippen LogP contribution is 2.59. The molecular weight excluding hydrogens is 260 g/mol. The van der Waals surface area contributed by atoms with Gasteiger partial charge in [0.25, 0.3) is 0 Å². The summed E-state index contributed by atoms with van der Waals surface area (Å²) in [7, 11) is 0. The van der Waals surface area contributed by atoms with Crippen LogP contribution in [0.5, 0.6) is 0 Å². The number of aryl methyl sites for hydroxylation is 1. The van der Waals surface area contributed by atoms with Crippen LogP contribution in [-0.2, 0) is 6.42 Å². The topological polar surface area (TPSA) is 38.9 Å². The van der Waals surface area contributed by atoms with E-state index < -0.39 is 0 Å². The zero-order valence-electron chi connectivity index (χ0n) is 11.2. The number of hydrogen-bond acceptors (Lipinski definition) is 3. The van der Waals surface area contributed by atoms with Crippen molar-refractivity contribution in [2.45, 2.75) is 50.9 Å². The van der Waals surface area contributed by atoms with Crippen molar-refractivity contribution in [3.8, 4) is 0 Å². The maximum atomic E-state index is 5.93. The van der Waals surface area contributed by atoms with E-state index in [-0.39, 0.29) is 0 Å². The normalized spacial score (nSPS) is 39.9. The Kier molecular flexibility index (Phi) is 3.06. The molecule has 0 aliphatic heterocycles. The lowest BCUT2D eigenvalue weighted by molar-refractivity contribution is -0.0118. The van der Waals surface area contributed by atoms with Crippen LogP contribution >= 0.6 is 11.6 Å². The van der Waals surface area contributed by atoms with Crippen LogP contribution in [0.15, 0.2) is 4.42 Å². The molecule has 0 unspecified atom stereocenters. The van der Waals surface area contributed by atoms with Crippen LogP contribution < -0.4 is 0 Å². The number of hydrogen-bond donors (Lipinski definition) is 0. The molecule has 0 radical (unpaired) electrons. The fraction of sp³-hybridized carbons (Fsp3) is 0.867. The van der Waals surface area contributed by atoms with Crippen LogP contribution in [0.25, 0.3) is 0 Å². The van der Waals surface area contributed by atoms with Crippen molar-refractivity contribution >= 4 is 11.6 Å². The first-order valence-electron chi connectivity index (χ1n) is 7.71. The molecule has 4 saturated carbocycles. The van der Waals surface area contributed by atoms with Gasteiger partial charge >= 0.3 is 0 Å². The predicted octanol–water partition coefficient (Wildman–Crippen LogP) is 3.78. The third kappa shape index (κ3) is 2.10. The quantitative estimate of drug-likeness (QED) is 0.788. The van der Waals surface area contributed by atoms with Gasteiger partial charge in [0.1, 0.15) is 0 Å². The number of halogens is 1. The second kappa shape index (κ2) is 4.76. The Morgan fingerprint density at radius 1 is 1.00 bits per heavy atom. The van der Waals surface area contributed by atoms with E-state index in [4.69, 9.17) is 16.0 Å². The van der Waals surface area contributed by atoms with Gasteiger partial charge in [-0.3, -0.25) is 0 Å². The second-order valence-corrected chi connectivity index (χ2v) is 7.16. The van der Waals surface area contributed by atoms with Gasteiger partial charge in [-0.15, -0.1) is 21.8 Å². The third-order valence-corrected chi connectivity index (χ3v) is 5.79. The first-order chi connectivity index (χ1) is 9.33. The maximum absolute atomic E-state index is 5.93. The Hall–Kier alpha value is -0.570. The largest absolute Gasteiger partial charge is 0.425 e. The molecule has 19 heavy (non-hydrogen) atoms. The van der Waals surface area contributed by atoms with E-state index in [2.05, 4.69) is 10.2 Å². The van der Waals surface area contributed by atoms with Gasteiger partial charge < -0.3 is 4.42 Å². The van der Waals surface area contributed by atoms with Crippen LogP contribution in [0, 0.1) is 23.7 Å². The average molecular weight is 281 g/mol. The zero-order chi connectivity index (χ0) is 12.8. The molecular formula is C15H21ClN2O. The van der Waals surface area contributed by atoms with E-state index in [0.717, 1.165) is 48.3 Å². The molecule has 0 spiro atoms. The lowest BCUT2D eigenvalue weighted by atomic mass is 9.52. The van der Waals surface area contributed by atoms with Crippen LogP contribution in [0.1, 0.15) is 56.2 Å². The molecule has 1 aromatic heterocycles. The Labute approximate surface area is 119 Å². The molecule has 104 valence electrons. The molecule has 0 N–H and O–H groups in total. The Balaban J connectivity index is 1.54. The summed E-state index contributed by atoms with van der Waals surface area (Å²) in [6.07, 6.45) is 8.83. The number of nitrogens with zero attached hydrogens (tertiary/aromatic N) is 2. The van der Waals surface area contributed by atoms with Crippen molar-refractivity contribution in [2.75, 3.05) is 5.88 Å². The van der Waals surface area contributed by atoms with Crippen LogP contribution in [0.3, 0.4) is 0 Å². The van der Waals surface area contributed by atoms with Crippen molar-refractivity contribution in [3.05, 3.63) is 11.8 Å². The molecule has 0 amide bonds. The summed E-state index contributed by atoms with van der Waals surface area (Å²) in [6, 6.07) is 0. The minimum Gasteiger partial charge on any atom is -0.425 e. The SMILES string of the molecule is ClCCCc1nnc(C2C3CC4CC(C3)CC2C4)o1. The number of alkyl halides is 1. The van der Waals surface area contributed by atoms with Crippen molar-refractivity contribution < 1.29 is 4.42 Å². The number of aromatic nitrogens is 2. The Bertz CT molecular complexity index is 431. The summed E-state index contributed by atoms with van der Waals surface area (Å²) in [4.78, 5) is 0. The first kappa shape index (κ1) is 12.2. The van der Waals surface area contributed by atoms with E-state index in [1.807, 2.05) is 0 Å². The smallest absolute Gasteiger partial charge is 0.220 e. The summed E-state index contributed by atoms with van der Waals surface area (Å²) >= 11 is 5.72. The lowest BCUT2D eigenvalue weighted by Gasteiger charge is -2.53. The Morgan fingerprint density at radius 2 is 1.68 bits per heavy atom. The van der Waals surface area contributed by atoms with Gasteiger partial charge in [-0.05, 0) is 62.2 Å². The molecule has 4 heteroatoms. The molecule has 4 fully saturated rings. The molecule has 0 atom stereocenters. The summed E-state index contributed by atoms with van der Waals surface area (Å²) in [5.74, 6) is 6.56. The van der Waals surface area contributed by atoms with Crippen LogP contribution in [0.2, 0.25) is 0 Å². The molecule has 5 rings (SSSR count). The zero-order valence-corrected chi connectivity index (χ0v) is 12.0. The minimum atomic E-state index is 0.560. The summed E-state index contributed by atoms with van der Waals surface area (Å²) in [6.45, 7) is 0. The molecule has 3 nitrogen and oxygen atoms in total. The molecule has 1 aromatic rings. The van der Waals surface area contributed by atoms with Crippen molar-refractivity contribution in [1.29, 1.82) is 0 Å². The molecule has 0 saturated heterocycles. The van der Waals surface area contributed by atoms with Gasteiger partial charge in [0.15, 0.2) is 0 Å². The van der Waals surface area contributed by atoms with Gasteiger partial charge in [0, 0.05) is 18.2 Å². The van der Waals surface area contributed by atoms with Gasteiger partial charge in [-0.25, -0.2) is 0 Å². The standard InChI is InChI=1S/C15H21ClN2O/c16-3-1-2-13-17-18-15(19-13)14-11-5-9-4-10(7-11)8-12(14)6-9/h9-12,14H,1-8H2. The Morgan fingerprint density at radius 3 is 2.32 bits per heavy atom. The van der Waals surface area contributed by atoms with Gasteiger partial charge in [-0.1, -0.05) is 0 Å². The third-order valence-electron chi connectivity index (χ3n) is 5.52. The van der Waals surface area contributed by atoms with Gasteiger partial charge in [-0.2, -0.15) is 0 Å². The minimum absolute atomic E-state index is 0.560. The van der Waals surface area contributed by atoms with Gasteiger partial charge in [0.05, 0.1) is 0 Å². The summed E-state index contributed by atoms with van der Waals surface area (Å²) in [5, 5.41) is 8.57. The van der Waals surface area contributed by atoms with Crippen LogP contribution in [0.4, 0.5) is 0 Å². The molecule has 4 aliphatic carbocycles. The van der Waals surface area contributed by atoms with E-state index in [1.54, 1.807) is 0 Å². The highest BCUT2D eigenvalue weighted by molar-refractivity contribution is 6.17. The highest BCUT2D eigenvalue weighted by Gasteiger charge is 2.50. The fourth-order valence-corrected chi connectivity index (χ4v) is 5.18. The van der Waals surface area contributed by atoms with E-state index in [1.165, 1.54) is 32.1 Å². The molecule has 4 bridgehead atoms. The lowest BCUT2D eigenvalue weighted by Crippen LogP contribution is -2.43. The monoisotopic (exact) mass is 280 g/mol. The van der Waals surface area contributed by atoms with E-state index in [9.17, 15) is 0 Å². The number of rotatable bonds is 4. The first-order valence-corrected chi connectivity index (χ1v) is 8.25. The second-order valence-electron chi connectivity index (χ2n) is 6.78. The van der Waals surface area contributed by atoms with Crippen LogP contribution in [-0.4, -0.2) is 16.1 Å². The molecule has 4 aliphatic rings. The highest BCUT2D eigenvalue weighted by atomic mass is 35.5. The van der Waals surface area contributed by atoms with Crippen molar-refractivity contribution in [1.82, 2.24) is 10.2 Å². The maximum Gasteiger partial charge on any atom is 0.220 e. The molecule has 0 aromatic carbocycles. The van der Waals surface area contributed by atoms with Crippen molar-refractivity contribution in [3.63, 3.8) is 0 Å². The average Bonchev–Trinajstić information content (AvgIpc) is 2.83. The predicted molar refractivity (Wildman–Crippen MR) is 73.1 cm³/mol. The van der Waals surface area contributed by atoms with Crippen molar-refractivity contribution in [2.24, 2.45) is 23.7 Å². The molecule has 1 heterocycles. The fourth-order valence-electron chi connectivity index (χ4n) is 5.05. The van der Waals surface area contributed by atoms with Gasteiger partial charge in [0.2, 0.25) is 11.8 Å². The van der Waals surface area contributed by atoms with E-state index >= 15 is 0 Å². The summed E-state index contributed by atoms with van der Waals surface area (Å²) in [5.41, 5.74) is 0.